The molecule has 0 saturated carbocycles. The highest BCUT2D eigenvalue weighted by atomic mass is 16.2. The number of rotatable bonds is 14. The monoisotopic (exact) mass is 426 g/mol. The Hall–Kier alpha value is -2.21. The molecular formula is C25H38N4O2. The Morgan fingerprint density at radius 1 is 1.03 bits per heavy atom. The largest absolute Gasteiger partial charge is 0.325 e. The lowest BCUT2D eigenvalue weighted by molar-refractivity contribution is -0.115. The Morgan fingerprint density at radius 3 is 2.48 bits per heavy atom. The fourth-order valence-corrected chi connectivity index (χ4v) is 4.31. The summed E-state index contributed by atoms with van der Waals surface area (Å²) in [4.78, 5) is 29.5. The topological polar surface area (TPSA) is 76.0 Å². The lowest BCUT2D eigenvalue weighted by Gasteiger charge is -2.09. The van der Waals surface area contributed by atoms with E-state index in [1.54, 1.807) is 10.6 Å². The standard InChI is InChI=1S/C25H38N4O2/c1-2-3-4-5-6-7-8-9-10-11-16-26-19-24(30)27-20-14-15-22-21(18-20)25(31)29-17-12-13-23(29)28-22/h14-15,18,26H,2-13,16-17,19H2,1H3,(H,27,30). The summed E-state index contributed by atoms with van der Waals surface area (Å²) >= 11 is 0. The van der Waals surface area contributed by atoms with Crippen molar-refractivity contribution in [1.29, 1.82) is 0 Å². The van der Waals surface area contributed by atoms with Crippen LogP contribution in [0.15, 0.2) is 23.0 Å². The van der Waals surface area contributed by atoms with Gasteiger partial charge in [0.2, 0.25) is 5.91 Å². The first-order valence-electron chi connectivity index (χ1n) is 12.2. The van der Waals surface area contributed by atoms with Crippen molar-refractivity contribution < 1.29 is 4.79 Å². The molecule has 0 spiro atoms. The third-order valence-corrected chi connectivity index (χ3v) is 6.09. The van der Waals surface area contributed by atoms with Crippen LogP contribution in [0.1, 0.15) is 83.4 Å². The van der Waals surface area contributed by atoms with Gasteiger partial charge in [-0.05, 0) is 37.6 Å². The number of carbonyl (C=O) groups is 1. The SMILES string of the molecule is CCCCCCCCCCCCNCC(=O)Nc1ccc2nc3n(c(=O)c2c1)CCC3. The first-order chi connectivity index (χ1) is 15.2. The van der Waals surface area contributed by atoms with Gasteiger partial charge in [-0.1, -0.05) is 64.7 Å². The molecule has 3 rings (SSSR count). The summed E-state index contributed by atoms with van der Waals surface area (Å²) < 4.78 is 1.75. The van der Waals surface area contributed by atoms with Gasteiger partial charge in [0.25, 0.3) is 5.56 Å². The molecule has 0 bridgehead atoms. The minimum atomic E-state index is -0.0827. The summed E-state index contributed by atoms with van der Waals surface area (Å²) in [6, 6.07) is 5.39. The molecule has 2 aromatic rings. The maximum Gasteiger partial charge on any atom is 0.261 e. The van der Waals surface area contributed by atoms with Crippen LogP contribution in [0.5, 0.6) is 0 Å². The second kappa shape index (κ2) is 12.6. The van der Waals surface area contributed by atoms with Crippen LogP contribution in [0.4, 0.5) is 5.69 Å². The Labute approximate surface area is 185 Å². The van der Waals surface area contributed by atoms with Gasteiger partial charge in [-0.2, -0.15) is 0 Å². The molecule has 0 radical (unpaired) electrons. The lowest BCUT2D eigenvalue weighted by Crippen LogP contribution is -2.29. The smallest absolute Gasteiger partial charge is 0.261 e. The number of unbranched alkanes of at least 4 members (excludes halogenated alkanes) is 9. The van der Waals surface area contributed by atoms with Crippen molar-refractivity contribution >= 4 is 22.5 Å². The van der Waals surface area contributed by atoms with E-state index in [0.29, 0.717) is 16.6 Å². The first-order valence-corrected chi connectivity index (χ1v) is 12.2. The van der Waals surface area contributed by atoms with Gasteiger partial charge >= 0.3 is 0 Å². The Bertz CT molecular complexity index is 906. The number of hydrogen-bond donors (Lipinski definition) is 2. The molecule has 0 aliphatic carbocycles. The van der Waals surface area contributed by atoms with Crippen LogP contribution in [-0.4, -0.2) is 28.5 Å². The van der Waals surface area contributed by atoms with E-state index < -0.39 is 0 Å². The number of aromatic nitrogens is 2. The zero-order chi connectivity index (χ0) is 21.9. The van der Waals surface area contributed by atoms with E-state index in [-0.39, 0.29) is 18.0 Å². The van der Waals surface area contributed by atoms with Crippen molar-refractivity contribution in [3.63, 3.8) is 0 Å². The molecule has 0 saturated heterocycles. The normalized spacial score (nSPS) is 12.9. The van der Waals surface area contributed by atoms with Gasteiger partial charge in [-0.15, -0.1) is 0 Å². The predicted octanol–water partition coefficient (Wildman–Crippen LogP) is 4.79. The van der Waals surface area contributed by atoms with Gasteiger partial charge < -0.3 is 10.6 Å². The number of aryl methyl sites for hydroxylation is 1. The molecule has 1 amide bonds. The van der Waals surface area contributed by atoms with Gasteiger partial charge in [-0.25, -0.2) is 4.98 Å². The second-order valence-corrected chi connectivity index (χ2v) is 8.73. The maximum absolute atomic E-state index is 12.7. The van der Waals surface area contributed by atoms with Crippen LogP contribution in [0.2, 0.25) is 0 Å². The van der Waals surface area contributed by atoms with Crippen LogP contribution in [0.25, 0.3) is 10.9 Å². The van der Waals surface area contributed by atoms with Crippen LogP contribution in [0, 0.1) is 0 Å². The Kier molecular flexibility index (Phi) is 9.53. The quantitative estimate of drug-likeness (QED) is 0.426. The van der Waals surface area contributed by atoms with E-state index in [9.17, 15) is 9.59 Å². The predicted molar refractivity (Wildman–Crippen MR) is 128 cm³/mol. The van der Waals surface area contributed by atoms with Gasteiger partial charge in [0, 0.05) is 18.7 Å². The summed E-state index contributed by atoms with van der Waals surface area (Å²) in [5.74, 6) is 0.783. The summed E-state index contributed by atoms with van der Waals surface area (Å²) in [6.07, 6.45) is 14.9. The fraction of sp³-hybridized carbons (Fsp3) is 0.640. The van der Waals surface area contributed by atoms with Crippen LogP contribution in [-0.2, 0) is 17.8 Å². The highest BCUT2D eigenvalue weighted by Crippen LogP contribution is 2.18. The summed E-state index contributed by atoms with van der Waals surface area (Å²) in [5, 5.41) is 6.69. The number of amides is 1. The maximum atomic E-state index is 12.7. The number of hydrogen-bond acceptors (Lipinski definition) is 4. The van der Waals surface area contributed by atoms with E-state index in [1.807, 2.05) is 12.1 Å². The highest BCUT2D eigenvalue weighted by molar-refractivity contribution is 5.94. The lowest BCUT2D eigenvalue weighted by atomic mass is 10.1. The van der Waals surface area contributed by atoms with E-state index in [0.717, 1.165) is 38.2 Å². The molecule has 1 aromatic carbocycles. The zero-order valence-corrected chi connectivity index (χ0v) is 19.0. The molecule has 0 atom stereocenters. The molecule has 1 aromatic heterocycles. The molecule has 0 unspecified atom stereocenters. The highest BCUT2D eigenvalue weighted by Gasteiger charge is 2.16. The van der Waals surface area contributed by atoms with Gasteiger partial charge in [0.05, 0.1) is 17.4 Å². The molecule has 2 heterocycles. The van der Waals surface area contributed by atoms with Crippen molar-refractivity contribution in [2.45, 2.75) is 90.5 Å². The summed E-state index contributed by atoms with van der Waals surface area (Å²) in [7, 11) is 0. The minimum Gasteiger partial charge on any atom is -0.325 e. The van der Waals surface area contributed by atoms with Gasteiger partial charge in [-0.3, -0.25) is 14.2 Å². The number of benzene rings is 1. The van der Waals surface area contributed by atoms with Crippen molar-refractivity contribution in [3.8, 4) is 0 Å². The second-order valence-electron chi connectivity index (χ2n) is 8.73. The zero-order valence-electron chi connectivity index (χ0n) is 19.0. The number of fused-ring (bicyclic) bond motifs is 2. The molecule has 6 heteroatoms. The number of nitrogens with one attached hydrogen (secondary N) is 2. The number of nitrogens with zero attached hydrogens (tertiary/aromatic N) is 2. The van der Waals surface area contributed by atoms with E-state index in [2.05, 4.69) is 22.5 Å². The van der Waals surface area contributed by atoms with Crippen molar-refractivity contribution in [1.82, 2.24) is 14.9 Å². The third-order valence-electron chi connectivity index (χ3n) is 6.09. The van der Waals surface area contributed by atoms with Crippen LogP contribution >= 0.6 is 0 Å². The molecule has 0 fully saturated rings. The van der Waals surface area contributed by atoms with Gasteiger partial charge in [0.1, 0.15) is 5.82 Å². The molecular weight excluding hydrogens is 388 g/mol. The van der Waals surface area contributed by atoms with Gasteiger partial charge in [0.15, 0.2) is 0 Å². The molecule has 31 heavy (non-hydrogen) atoms. The minimum absolute atomic E-state index is 0.00677. The molecule has 1 aliphatic rings. The van der Waals surface area contributed by atoms with Crippen LogP contribution < -0.4 is 16.2 Å². The summed E-state index contributed by atoms with van der Waals surface area (Å²) in [5.41, 5.74) is 1.35. The molecule has 6 nitrogen and oxygen atoms in total. The van der Waals surface area contributed by atoms with Crippen molar-refractivity contribution in [3.05, 3.63) is 34.4 Å². The van der Waals surface area contributed by atoms with Crippen LogP contribution in [0.3, 0.4) is 0 Å². The molecule has 170 valence electrons. The third kappa shape index (κ3) is 7.17. The fourth-order valence-electron chi connectivity index (χ4n) is 4.31. The molecule has 1 aliphatic heterocycles. The van der Waals surface area contributed by atoms with E-state index in [1.165, 1.54) is 57.8 Å². The Balaban J connectivity index is 1.31. The van der Waals surface area contributed by atoms with E-state index in [4.69, 9.17) is 0 Å². The average molecular weight is 427 g/mol. The Morgan fingerprint density at radius 2 is 1.74 bits per heavy atom. The summed E-state index contributed by atoms with van der Waals surface area (Å²) in [6.45, 7) is 4.14. The number of anilines is 1. The van der Waals surface area contributed by atoms with Crippen molar-refractivity contribution in [2.24, 2.45) is 0 Å². The molecule has 2 N–H and O–H groups in total. The average Bonchev–Trinajstić information content (AvgIpc) is 3.24. The first kappa shape index (κ1) is 23.5. The van der Waals surface area contributed by atoms with E-state index >= 15 is 0 Å². The number of carbonyl (C=O) groups excluding carboxylic acids is 1. The van der Waals surface area contributed by atoms with Crippen molar-refractivity contribution in [2.75, 3.05) is 18.4 Å².